The van der Waals surface area contributed by atoms with Crippen molar-refractivity contribution < 1.29 is 16.8 Å². The number of hydrogen-bond donors (Lipinski definition) is 1. The van der Waals surface area contributed by atoms with Crippen LogP contribution in [0.4, 0.5) is 0 Å². The molecule has 1 rings (SSSR count). The van der Waals surface area contributed by atoms with Gasteiger partial charge in [0.05, 0.1) is 6.20 Å². The second-order valence-electron chi connectivity index (χ2n) is 2.63. The second kappa shape index (κ2) is 2.81. The molecule has 74 valence electrons. The highest BCUT2D eigenvalue weighted by Gasteiger charge is 2.29. The number of nitrogens with zero attached hydrogens (tertiary/aromatic N) is 1. The number of aliphatic imine (C=N–C) groups is 1. The summed E-state index contributed by atoms with van der Waals surface area (Å²) >= 11 is 0. The van der Waals surface area contributed by atoms with Crippen LogP contribution in [0.15, 0.2) is 16.2 Å². The minimum atomic E-state index is -3.79. The fourth-order valence-electron chi connectivity index (χ4n) is 0.750. The molecule has 0 atom stereocenters. The van der Waals surface area contributed by atoms with Crippen molar-refractivity contribution >= 4 is 24.7 Å². The minimum absolute atomic E-state index is 0.410. The monoisotopic (exact) mass is 224 g/mol. The predicted molar refractivity (Wildman–Crippen MR) is 48.3 cm³/mol. The van der Waals surface area contributed by atoms with Crippen LogP contribution < -0.4 is 5.73 Å². The summed E-state index contributed by atoms with van der Waals surface area (Å²) in [5, 5.41) is -0.821. The van der Waals surface area contributed by atoms with Gasteiger partial charge in [-0.3, -0.25) is 0 Å². The van der Waals surface area contributed by atoms with E-state index in [0.717, 1.165) is 12.5 Å². The molecular formula is C5H8N2O4S2. The Morgan fingerprint density at radius 2 is 2.08 bits per heavy atom. The van der Waals surface area contributed by atoms with E-state index in [-0.39, 0.29) is 0 Å². The molecule has 0 saturated carbocycles. The van der Waals surface area contributed by atoms with E-state index in [1.807, 2.05) is 0 Å². The zero-order chi connectivity index (χ0) is 10.3. The topological polar surface area (TPSA) is 107 Å². The van der Waals surface area contributed by atoms with Crippen molar-refractivity contribution in [1.29, 1.82) is 0 Å². The van der Waals surface area contributed by atoms with Crippen LogP contribution in [0.3, 0.4) is 0 Å². The summed E-state index contributed by atoms with van der Waals surface area (Å²) in [6, 6.07) is 0. The zero-order valence-corrected chi connectivity index (χ0v) is 8.39. The van der Waals surface area contributed by atoms with Crippen LogP contribution in [0, 0.1) is 0 Å². The molecule has 1 aliphatic rings. The van der Waals surface area contributed by atoms with Crippen LogP contribution in [0.2, 0.25) is 0 Å². The van der Waals surface area contributed by atoms with Gasteiger partial charge in [0.2, 0.25) is 9.84 Å². The molecule has 6 nitrogen and oxygen atoms in total. The van der Waals surface area contributed by atoms with Crippen LogP contribution in [0.5, 0.6) is 0 Å². The highest BCUT2D eigenvalue weighted by molar-refractivity contribution is 8.11. The van der Waals surface area contributed by atoms with E-state index in [1.165, 1.54) is 0 Å². The highest BCUT2D eigenvalue weighted by atomic mass is 32.2. The van der Waals surface area contributed by atoms with E-state index >= 15 is 0 Å². The summed E-state index contributed by atoms with van der Waals surface area (Å²) < 4.78 is 43.9. The maximum atomic E-state index is 11.2. The normalized spacial score (nSPS) is 21.0. The Labute approximate surface area is 76.0 Å². The summed E-state index contributed by atoms with van der Waals surface area (Å²) in [4.78, 5) is 3.42. The molecule has 0 fully saturated rings. The molecular weight excluding hydrogens is 216 g/mol. The Morgan fingerprint density at radius 1 is 1.54 bits per heavy atom. The molecule has 0 unspecified atom stereocenters. The lowest BCUT2D eigenvalue weighted by Crippen LogP contribution is -2.24. The molecule has 0 aliphatic carbocycles. The standard InChI is InChI=1S/C5H8N2O4S2/c1-12(8,9)3-5-7-2-4(6)13(5,10)11/h2H,3,6H2,1H3. The molecule has 1 aliphatic heterocycles. The number of rotatable bonds is 2. The number of nitrogens with two attached hydrogens (primary N) is 1. The van der Waals surface area contributed by atoms with Crippen LogP contribution in [0.25, 0.3) is 0 Å². The van der Waals surface area contributed by atoms with Gasteiger partial charge in [0.25, 0.3) is 0 Å². The average Bonchev–Trinajstić information content (AvgIpc) is 2.13. The van der Waals surface area contributed by atoms with Gasteiger partial charge < -0.3 is 5.73 Å². The Kier molecular flexibility index (Phi) is 2.20. The van der Waals surface area contributed by atoms with Gasteiger partial charge in [0, 0.05) is 6.26 Å². The fraction of sp³-hybridized carbons (Fsp3) is 0.400. The predicted octanol–water partition coefficient (Wildman–Crippen LogP) is -1.38. The van der Waals surface area contributed by atoms with Crippen molar-refractivity contribution in [1.82, 2.24) is 0 Å². The van der Waals surface area contributed by atoms with Gasteiger partial charge in [0.15, 0.2) is 19.9 Å². The summed E-state index contributed by atoms with van der Waals surface area (Å²) in [5.41, 5.74) is 5.09. The van der Waals surface area contributed by atoms with Crippen molar-refractivity contribution in [3.63, 3.8) is 0 Å². The van der Waals surface area contributed by atoms with Crippen LogP contribution in [-0.2, 0) is 19.7 Å². The molecule has 13 heavy (non-hydrogen) atoms. The van der Waals surface area contributed by atoms with Gasteiger partial charge >= 0.3 is 0 Å². The first-order valence-corrected chi connectivity index (χ1v) is 6.73. The van der Waals surface area contributed by atoms with Gasteiger partial charge in [-0.2, -0.15) is 0 Å². The van der Waals surface area contributed by atoms with E-state index < -0.39 is 35.5 Å². The average molecular weight is 224 g/mol. The van der Waals surface area contributed by atoms with Crippen LogP contribution in [0.1, 0.15) is 0 Å². The van der Waals surface area contributed by atoms with E-state index in [1.54, 1.807) is 0 Å². The number of sulfone groups is 2. The quantitative estimate of drug-likeness (QED) is 0.621. The largest absolute Gasteiger partial charge is 0.388 e. The molecule has 0 aromatic carbocycles. The smallest absolute Gasteiger partial charge is 0.237 e. The third-order valence-electron chi connectivity index (χ3n) is 1.34. The lowest BCUT2D eigenvalue weighted by atomic mass is 10.8. The van der Waals surface area contributed by atoms with Crippen molar-refractivity contribution in [3.05, 3.63) is 11.2 Å². The maximum absolute atomic E-state index is 11.2. The van der Waals surface area contributed by atoms with Gasteiger partial charge in [-0.1, -0.05) is 0 Å². The molecule has 0 bridgehead atoms. The van der Waals surface area contributed by atoms with Crippen molar-refractivity contribution in [3.8, 4) is 0 Å². The molecule has 1 heterocycles. The summed E-state index contributed by atoms with van der Waals surface area (Å²) in [5.74, 6) is -0.605. The van der Waals surface area contributed by atoms with Gasteiger partial charge in [-0.15, -0.1) is 0 Å². The van der Waals surface area contributed by atoms with Crippen LogP contribution in [-0.4, -0.2) is 33.9 Å². The Morgan fingerprint density at radius 3 is 2.38 bits per heavy atom. The van der Waals surface area contributed by atoms with Crippen LogP contribution >= 0.6 is 0 Å². The minimum Gasteiger partial charge on any atom is -0.388 e. The second-order valence-corrected chi connectivity index (χ2v) is 6.72. The first-order chi connectivity index (χ1) is 5.73. The molecule has 0 amide bonds. The summed E-state index contributed by atoms with van der Waals surface area (Å²) in [6.07, 6.45) is 1.87. The lowest BCUT2D eigenvalue weighted by Gasteiger charge is -1.99. The third kappa shape index (κ3) is 2.07. The molecule has 0 radical (unpaired) electrons. The molecule has 0 aromatic heterocycles. The molecule has 0 spiro atoms. The van der Waals surface area contributed by atoms with E-state index in [9.17, 15) is 16.8 Å². The fourth-order valence-corrected chi connectivity index (χ4v) is 3.19. The molecule has 0 saturated heterocycles. The van der Waals surface area contributed by atoms with Gasteiger partial charge in [-0.25, -0.2) is 21.8 Å². The van der Waals surface area contributed by atoms with E-state index in [4.69, 9.17) is 5.73 Å². The summed E-state index contributed by atoms with van der Waals surface area (Å²) in [7, 11) is -7.19. The Balaban J connectivity index is 3.05. The zero-order valence-electron chi connectivity index (χ0n) is 6.76. The van der Waals surface area contributed by atoms with Crippen molar-refractivity contribution in [2.45, 2.75) is 0 Å². The van der Waals surface area contributed by atoms with Crippen molar-refractivity contribution in [2.75, 3.05) is 12.0 Å². The Hall–Kier alpha value is -0.890. The SMILES string of the molecule is CS(=O)(=O)CC1=NC=C(N)S1(=O)=O. The van der Waals surface area contributed by atoms with Gasteiger partial charge in [0.1, 0.15) is 5.75 Å². The summed E-state index contributed by atoms with van der Waals surface area (Å²) in [6.45, 7) is 0. The first-order valence-electron chi connectivity index (χ1n) is 3.18. The molecule has 2 N–H and O–H groups in total. The van der Waals surface area contributed by atoms with E-state index in [2.05, 4.69) is 4.99 Å². The lowest BCUT2D eigenvalue weighted by molar-refractivity contribution is 0.603. The van der Waals surface area contributed by atoms with E-state index in [0.29, 0.717) is 0 Å². The van der Waals surface area contributed by atoms with Gasteiger partial charge in [-0.05, 0) is 0 Å². The molecule has 8 heteroatoms. The Bertz CT molecular complexity index is 483. The molecule has 0 aromatic rings. The maximum Gasteiger partial charge on any atom is 0.237 e. The van der Waals surface area contributed by atoms with Crippen molar-refractivity contribution in [2.24, 2.45) is 10.7 Å². The third-order valence-corrected chi connectivity index (χ3v) is 3.92. The first kappa shape index (κ1) is 10.2. The highest BCUT2D eigenvalue weighted by Crippen LogP contribution is 2.12. The number of hydrogen-bond acceptors (Lipinski definition) is 6.